The van der Waals surface area contributed by atoms with Crippen LogP contribution in [0.1, 0.15) is 23.7 Å². The Kier molecular flexibility index (Phi) is 5.64. The van der Waals surface area contributed by atoms with Crippen LogP contribution in [0.5, 0.6) is 11.5 Å². The fraction of sp³-hybridized carbons (Fsp3) is 0.333. The van der Waals surface area contributed by atoms with Crippen molar-refractivity contribution in [2.75, 3.05) is 27.3 Å². The first-order valence-electron chi connectivity index (χ1n) is 8.90. The van der Waals surface area contributed by atoms with E-state index in [2.05, 4.69) is 5.32 Å². The summed E-state index contributed by atoms with van der Waals surface area (Å²) in [7, 11) is 3.22. The van der Waals surface area contributed by atoms with E-state index in [-0.39, 0.29) is 17.9 Å². The molecule has 1 aliphatic heterocycles. The molecule has 1 N–H and O–H groups in total. The Balaban J connectivity index is 1.82. The number of benzene rings is 2. The second-order valence-corrected chi connectivity index (χ2v) is 6.58. The van der Waals surface area contributed by atoms with Gasteiger partial charge in [-0.2, -0.15) is 0 Å². The summed E-state index contributed by atoms with van der Waals surface area (Å²) in [6.07, 6.45) is 0.775. The molecule has 6 heteroatoms. The van der Waals surface area contributed by atoms with Gasteiger partial charge in [-0.15, -0.1) is 0 Å². The van der Waals surface area contributed by atoms with Gasteiger partial charge in [0.25, 0.3) is 5.91 Å². The molecule has 27 heavy (non-hydrogen) atoms. The van der Waals surface area contributed by atoms with Crippen LogP contribution in [0.2, 0.25) is 0 Å². The van der Waals surface area contributed by atoms with E-state index in [0.29, 0.717) is 30.2 Å². The zero-order valence-electron chi connectivity index (χ0n) is 15.8. The summed E-state index contributed by atoms with van der Waals surface area (Å²) in [4.78, 5) is 25.9. The number of ether oxygens (including phenoxy) is 2. The number of hydrogen-bond donors (Lipinski definition) is 1. The summed E-state index contributed by atoms with van der Waals surface area (Å²) in [5.74, 6) is 1.30. The molecule has 2 amide bonds. The number of carbonyl (C=O) groups is 2. The molecule has 0 unspecified atom stereocenters. The van der Waals surface area contributed by atoms with Crippen molar-refractivity contribution in [1.82, 2.24) is 10.2 Å². The van der Waals surface area contributed by atoms with E-state index in [1.54, 1.807) is 19.1 Å². The minimum Gasteiger partial charge on any atom is -0.497 e. The zero-order chi connectivity index (χ0) is 19.4. The highest BCUT2D eigenvalue weighted by Crippen LogP contribution is 2.33. The highest BCUT2D eigenvalue weighted by molar-refractivity contribution is 5.96. The van der Waals surface area contributed by atoms with Crippen molar-refractivity contribution in [1.29, 1.82) is 0 Å². The minimum atomic E-state index is -0.0668. The van der Waals surface area contributed by atoms with Crippen molar-refractivity contribution in [3.05, 3.63) is 48.0 Å². The third-order valence-electron chi connectivity index (χ3n) is 4.71. The molecule has 0 spiro atoms. The van der Waals surface area contributed by atoms with Gasteiger partial charge in [-0.3, -0.25) is 9.59 Å². The maximum absolute atomic E-state index is 12.9. The highest BCUT2D eigenvalue weighted by Gasteiger charge is 2.27. The monoisotopic (exact) mass is 368 g/mol. The van der Waals surface area contributed by atoms with Crippen LogP contribution >= 0.6 is 0 Å². The van der Waals surface area contributed by atoms with E-state index in [1.165, 1.54) is 6.92 Å². The first kappa shape index (κ1) is 18.8. The first-order valence-corrected chi connectivity index (χ1v) is 8.90. The topological polar surface area (TPSA) is 67.9 Å². The smallest absolute Gasteiger partial charge is 0.253 e. The maximum Gasteiger partial charge on any atom is 0.253 e. The van der Waals surface area contributed by atoms with Crippen molar-refractivity contribution in [3.8, 4) is 22.6 Å². The molecule has 6 nitrogen and oxygen atoms in total. The summed E-state index contributed by atoms with van der Waals surface area (Å²) in [5.41, 5.74) is 2.41. The molecule has 2 aromatic rings. The van der Waals surface area contributed by atoms with Gasteiger partial charge in [0, 0.05) is 43.2 Å². The normalized spacial score (nSPS) is 16.1. The van der Waals surface area contributed by atoms with Gasteiger partial charge in [-0.25, -0.2) is 0 Å². The Labute approximate surface area is 159 Å². The summed E-state index contributed by atoms with van der Waals surface area (Å²) in [6.45, 7) is 2.67. The average Bonchev–Trinajstić information content (AvgIpc) is 3.14. The molecule has 0 radical (unpaired) electrons. The van der Waals surface area contributed by atoms with Crippen LogP contribution in [-0.4, -0.2) is 50.1 Å². The fourth-order valence-corrected chi connectivity index (χ4v) is 3.39. The Morgan fingerprint density at radius 2 is 1.93 bits per heavy atom. The predicted octanol–water partition coefficient (Wildman–Crippen LogP) is 2.72. The molecule has 3 rings (SSSR count). The molecule has 1 heterocycles. The van der Waals surface area contributed by atoms with Gasteiger partial charge in [-0.05, 0) is 36.2 Å². The SMILES string of the molecule is COc1ccc(-c2cccc(C(=O)N3CC[C@H](NC(C)=O)C3)c2)c(OC)c1. The minimum absolute atomic E-state index is 0.0244. The van der Waals surface area contributed by atoms with Crippen molar-refractivity contribution >= 4 is 11.8 Å². The van der Waals surface area contributed by atoms with Crippen LogP contribution in [0, 0.1) is 0 Å². The fourth-order valence-electron chi connectivity index (χ4n) is 3.39. The number of methoxy groups -OCH3 is 2. The Morgan fingerprint density at radius 3 is 2.63 bits per heavy atom. The Hall–Kier alpha value is -3.02. The molecule has 142 valence electrons. The second-order valence-electron chi connectivity index (χ2n) is 6.58. The number of likely N-dealkylation sites (tertiary alicyclic amines) is 1. The van der Waals surface area contributed by atoms with E-state index >= 15 is 0 Å². The number of carbonyl (C=O) groups excluding carboxylic acids is 2. The number of nitrogens with zero attached hydrogens (tertiary/aromatic N) is 1. The molecular weight excluding hydrogens is 344 g/mol. The lowest BCUT2D eigenvalue weighted by Crippen LogP contribution is -2.37. The van der Waals surface area contributed by atoms with Crippen LogP contribution in [-0.2, 0) is 4.79 Å². The van der Waals surface area contributed by atoms with Gasteiger partial charge in [0.05, 0.1) is 14.2 Å². The Bertz CT molecular complexity index is 850. The number of nitrogens with one attached hydrogen (secondary N) is 1. The summed E-state index contributed by atoms with van der Waals surface area (Å²) >= 11 is 0. The van der Waals surface area contributed by atoms with Gasteiger partial charge in [-0.1, -0.05) is 12.1 Å². The molecule has 0 bridgehead atoms. The predicted molar refractivity (Wildman–Crippen MR) is 103 cm³/mol. The van der Waals surface area contributed by atoms with E-state index in [9.17, 15) is 9.59 Å². The molecule has 0 aliphatic carbocycles. The van der Waals surface area contributed by atoms with Gasteiger partial charge in [0.2, 0.25) is 5.91 Å². The van der Waals surface area contributed by atoms with Crippen molar-refractivity contribution in [2.24, 2.45) is 0 Å². The van der Waals surface area contributed by atoms with Crippen LogP contribution in [0.25, 0.3) is 11.1 Å². The van der Waals surface area contributed by atoms with Gasteiger partial charge in [0.1, 0.15) is 11.5 Å². The van der Waals surface area contributed by atoms with Crippen molar-refractivity contribution < 1.29 is 19.1 Å². The summed E-state index contributed by atoms with van der Waals surface area (Å²) < 4.78 is 10.7. The molecule has 1 saturated heterocycles. The summed E-state index contributed by atoms with van der Waals surface area (Å²) in [6, 6.07) is 13.1. The Morgan fingerprint density at radius 1 is 1.11 bits per heavy atom. The lowest BCUT2D eigenvalue weighted by atomic mass is 10.0. The van der Waals surface area contributed by atoms with Crippen molar-refractivity contribution in [3.63, 3.8) is 0 Å². The molecule has 0 aromatic heterocycles. The van der Waals surface area contributed by atoms with E-state index < -0.39 is 0 Å². The maximum atomic E-state index is 12.9. The van der Waals surface area contributed by atoms with Crippen molar-refractivity contribution in [2.45, 2.75) is 19.4 Å². The van der Waals surface area contributed by atoms with Gasteiger partial charge in [0.15, 0.2) is 0 Å². The third-order valence-corrected chi connectivity index (χ3v) is 4.71. The lowest BCUT2D eigenvalue weighted by Gasteiger charge is -2.18. The standard InChI is InChI=1S/C21H24N2O4/c1-14(24)22-17-9-10-23(13-17)21(25)16-6-4-5-15(11-16)19-8-7-18(26-2)12-20(19)27-3/h4-8,11-12,17H,9-10,13H2,1-3H3,(H,22,24)/t17-/m0/s1. The number of rotatable bonds is 5. The average molecular weight is 368 g/mol. The van der Waals surface area contributed by atoms with E-state index in [1.807, 2.05) is 42.5 Å². The highest BCUT2D eigenvalue weighted by atomic mass is 16.5. The van der Waals surface area contributed by atoms with Gasteiger partial charge >= 0.3 is 0 Å². The quantitative estimate of drug-likeness (QED) is 0.881. The molecule has 1 atom stereocenters. The van der Waals surface area contributed by atoms with Crippen LogP contribution in [0.3, 0.4) is 0 Å². The van der Waals surface area contributed by atoms with Crippen LogP contribution < -0.4 is 14.8 Å². The van der Waals surface area contributed by atoms with Crippen LogP contribution in [0.15, 0.2) is 42.5 Å². The first-order chi connectivity index (χ1) is 13.0. The zero-order valence-corrected chi connectivity index (χ0v) is 15.8. The molecular formula is C21H24N2O4. The van der Waals surface area contributed by atoms with Gasteiger partial charge < -0.3 is 19.7 Å². The molecule has 0 saturated carbocycles. The molecule has 2 aromatic carbocycles. The largest absolute Gasteiger partial charge is 0.497 e. The number of hydrogen-bond acceptors (Lipinski definition) is 4. The summed E-state index contributed by atoms with van der Waals surface area (Å²) in [5, 5.41) is 2.88. The molecule has 1 fully saturated rings. The third kappa shape index (κ3) is 4.22. The van der Waals surface area contributed by atoms with Crippen LogP contribution in [0.4, 0.5) is 0 Å². The van der Waals surface area contributed by atoms with E-state index in [0.717, 1.165) is 17.5 Å². The second kappa shape index (κ2) is 8.12. The van der Waals surface area contributed by atoms with E-state index in [4.69, 9.17) is 9.47 Å². The lowest BCUT2D eigenvalue weighted by molar-refractivity contribution is -0.119. The molecule has 1 aliphatic rings. The number of amides is 2.